The van der Waals surface area contributed by atoms with E-state index in [0.717, 1.165) is 33.7 Å². The molecule has 0 bridgehead atoms. The molecule has 1 saturated carbocycles. The van der Waals surface area contributed by atoms with Crippen molar-refractivity contribution >= 4 is 33.0 Å². The van der Waals surface area contributed by atoms with Crippen LogP contribution in [0.4, 0.5) is 0 Å². The average Bonchev–Trinajstić information content (AvgIpc) is 3.08. The highest BCUT2D eigenvalue weighted by Crippen LogP contribution is 2.43. The molecule has 0 radical (unpaired) electrons. The van der Waals surface area contributed by atoms with Gasteiger partial charge in [-0.2, -0.15) is 5.10 Å². The number of hydrogen-bond acceptors (Lipinski definition) is 5. The molecule has 5 nitrogen and oxygen atoms in total. The molecule has 1 N–H and O–H groups in total. The van der Waals surface area contributed by atoms with Gasteiger partial charge in [0.1, 0.15) is 17.7 Å². The van der Waals surface area contributed by atoms with Crippen LogP contribution >= 0.6 is 22.9 Å². The number of halogens is 1. The van der Waals surface area contributed by atoms with E-state index in [0.29, 0.717) is 28.5 Å². The maximum absolute atomic E-state index is 13.0. The van der Waals surface area contributed by atoms with E-state index in [1.807, 2.05) is 24.3 Å². The number of thiophene rings is 1. The van der Waals surface area contributed by atoms with Gasteiger partial charge in [0.2, 0.25) is 0 Å². The molecule has 0 unspecified atom stereocenters. The highest BCUT2D eigenvalue weighted by molar-refractivity contribution is 7.19. The Kier molecular flexibility index (Phi) is 6.23. The quantitative estimate of drug-likeness (QED) is 0.615. The van der Waals surface area contributed by atoms with E-state index < -0.39 is 0 Å². The fourth-order valence-electron chi connectivity index (χ4n) is 4.14. The molecule has 2 heterocycles. The molecule has 0 amide bonds. The second-order valence-electron chi connectivity index (χ2n) is 7.59. The number of aromatic nitrogens is 2. The smallest absolute Gasteiger partial charge is 0.279 e. The molecule has 0 aliphatic heterocycles. The Morgan fingerprint density at radius 1 is 1.31 bits per heavy atom. The zero-order valence-electron chi connectivity index (χ0n) is 16.5. The summed E-state index contributed by atoms with van der Waals surface area (Å²) in [6, 6.07) is 7.72. The minimum absolute atomic E-state index is 0.102. The summed E-state index contributed by atoms with van der Waals surface area (Å²) in [5, 5.41) is 15.2. The monoisotopic (exact) mass is 432 g/mol. The normalized spacial score (nSPS) is 15.1. The molecule has 1 aromatic carbocycles. The zero-order chi connectivity index (χ0) is 20.4. The van der Waals surface area contributed by atoms with E-state index in [2.05, 4.69) is 5.10 Å². The van der Waals surface area contributed by atoms with Crippen molar-refractivity contribution in [1.82, 2.24) is 9.78 Å². The Morgan fingerprint density at radius 2 is 2.10 bits per heavy atom. The summed E-state index contributed by atoms with van der Waals surface area (Å²) in [6.45, 7) is 0.0491. The van der Waals surface area contributed by atoms with E-state index in [9.17, 15) is 9.90 Å². The van der Waals surface area contributed by atoms with Crippen LogP contribution in [0.3, 0.4) is 0 Å². The molecule has 29 heavy (non-hydrogen) atoms. The van der Waals surface area contributed by atoms with E-state index >= 15 is 0 Å². The number of hydrogen-bond donors (Lipinski definition) is 1. The first-order chi connectivity index (χ1) is 14.1. The van der Waals surface area contributed by atoms with Gasteiger partial charge in [-0.25, -0.2) is 4.68 Å². The van der Waals surface area contributed by atoms with E-state index in [1.54, 1.807) is 18.4 Å². The van der Waals surface area contributed by atoms with Gasteiger partial charge in [-0.15, -0.1) is 11.3 Å². The molecule has 0 atom stereocenters. The van der Waals surface area contributed by atoms with Crippen molar-refractivity contribution in [2.45, 2.75) is 44.4 Å². The lowest BCUT2D eigenvalue weighted by molar-refractivity contribution is 0.202. The van der Waals surface area contributed by atoms with Crippen LogP contribution in [0.5, 0.6) is 5.75 Å². The Labute approximate surface area is 178 Å². The third-order valence-corrected chi connectivity index (χ3v) is 6.94. The molecule has 1 aliphatic carbocycles. The minimum Gasteiger partial charge on any atom is -0.489 e. The Bertz CT molecular complexity index is 1070. The van der Waals surface area contributed by atoms with Gasteiger partial charge in [0.05, 0.1) is 21.9 Å². The van der Waals surface area contributed by atoms with Crippen LogP contribution in [0.25, 0.3) is 10.1 Å². The van der Waals surface area contributed by atoms with Crippen molar-refractivity contribution in [2.75, 3.05) is 13.2 Å². The molecule has 7 heteroatoms. The van der Waals surface area contributed by atoms with Crippen molar-refractivity contribution in [2.24, 2.45) is 7.05 Å². The molecule has 154 valence electrons. The summed E-state index contributed by atoms with van der Waals surface area (Å²) in [6.07, 6.45) is 6.49. The van der Waals surface area contributed by atoms with Crippen molar-refractivity contribution in [3.8, 4) is 5.75 Å². The standard InChI is InChI=1S/C22H25ClN2O3S/c1-25-22(27)18-20(28-11-10-26)17(13-14-6-5-9-16(23)12-14)29-21(18)19(24-25)15-7-3-2-4-8-15/h5-6,9,12,15,26H,2-4,7-8,10-11,13H2,1H3. The maximum Gasteiger partial charge on any atom is 0.279 e. The Hall–Kier alpha value is -1.89. The van der Waals surface area contributed by atoms with Gasteiger partial charge in [0, 0.05) is 24.4 Å². The summed E-state index contributed by atoms with van der Waals surface area (Å²) >= 11 is 7.75. The number of aliphatic hydroxyl groups is 1. The first-order valence-electron chi connectivity index (χ1n) is 10.1. The SMILES string of the molecule is Cn1nc(C2CCCCC2)c2sc(Cc3cccc(Cl)c3)c(OCCO)c2c1=O. The summed E-state index contributed by atoms with van der Waals surface area (Å²) in [5.41, 5.74) is 1.92. The second kappa shape index (κ2) is 8.86. The van der Waals surface area contributed by atoms with Gasteiger partial charge in [0.15, 0.2) is 0 Å². The van der Waals surface area contributed by atoms with E-state index in [1.165, 1.54) is 23.9 Å². The van der Waals surface area contributed by atoms with E-state index in [4.69, 9.17) is 16.3 Å². The number of aryl methyl sites for hydroxylation is 1. The molecular formula is C22H25ClN2O3S. The van der Waals surface area contributed by atoms with E-state index in [-0.39, 0.29) is 18.8 Å². The van der Waals surface area contributed by atoms with Gasteiger partial charge in [0.25, 0.3) is 5.56 Å². The summed E-state index contributed by atoms with van der Waals surface area (Å²) in [4.78, 5) is 14.0. The largest absolute Gasteiger partial charge is 0.489 e. The van der Waals surface area contributed by atoms with Gasteiger partial charge in [-0.1, -0.05) is 43.0 Å². The third-order valence-electron chi connectivity index (χ3n) is 5.51. The molecule has 0 saturated heterocycles. The lowest BCUT2D eigenvalue weighted by Gasteiger charge is -2.21. The van der Waals surface area contributed by atoms with Crippen molar-refractivity contribution < 1.29 is 9.84 Å². The number of fused-ring (bicyclic) bond motifs is 1. The fourth-order valence-corrected chi connectivity index (χ4v) is 5.69. The first-order valence-corrected chi connectivity index (χ1v) is 11.3. The topological polar surface area (TPSA) is 64.3 Å². The molecule has 1 fully saturated rings. The number of benzene rings is 1. The van der Waals surface area contributed by atoms with Gasteiger partial charge < -0.3 is 9.84 Å². The Balaban J connectivity index is 1.87. The molecular weight excluding hydrogens is 408 g/mol. The van der Waals surface area contributed by atoms with Gasteiger partial charge in [-0.3, -0.25) is 4.79 Å². The van der Waals surface area contributed by atoms with Crippen LogP contribution in [-0.4, -0.2) is 28.1 Å². The third kappa shape index (κ3) is 4.20. The molecule has 0 spiro atoms. The molecule has 4 rings (SSSR count). The zero-order valence-corrected chi connectivity index (χ0v) is 18.1. The van der Waals surface area contributed by atoms with Gasteiger partial charge in [-0.05, 0) is 30.5 Å². The van der Waals surface area contributed by atoms with Gasteiger partial charge >= 0.3 is 0 Å². The summed E-state index contributed by atoms with van der Waals surface area (Å²) in [5.74, 6) is 0.959. The van der Waals surface area contributed by atoms with Crippen LogP contribution in [0.1, 0.15) is 54.2 Å². The van der Waals surface area contributed by atoms with Crippen molar-refractivity contribution in [1.29, 1.82) is 0 Å². The highest BCUT2D eigenvalue weighted by atomic mass is 35.5. The average molecular weight is 433 g/mol. The van der Waals surface area contributed by atoms with Crippen LogP contribution in [0, 0.1) is 0 Å². The number of rotatable bonds is 6. The molecule has 2 aromatic heterocycles. The van der Waals surface area contributed by atoms with Crippen LogP contribution < -0.4 is 10.3 Å². The number of nitrogens with zero attached hydrogens (tertiary/aromatic N) is 2. The van der Waals surface area contributed by atoms with Crippen LogP contribution in [0.2, 0.25) is 5.02 Å². The highest BCUT2D eigenvalue weighted by Gasteiger charge is 2.26. The second-order valence-corrected chi connectivity index (χ2v) is 9.13. The number of ether oxygens (including phenoxy) is 1. The summed E-state index contributed by atoms with van der Waals surface area (Å²) in [7, 11) is 1.71. The lowest BCUT2D eigenvalue weighted by atomic mass is 9.86. The Morgan fingerprint density at radius 3 is 2.83 bits per heavy atom. The van der Waals surface area contributed by atoms with Crippen molar-refractivity contribution in [3.05, 3.63) is 55.8 Å². The van der Waals surface area contributed by atoms with Crippen LogP contribution in [-0.2, 0) is 13.5 Å². The number of aliphatic hydroxyl groups excluding tert-OH is 1. The predicted molar refractivity (Wildman–Crippen MR) is 118 cm³/mol. The predicted octanol–water partition coefficient (Wildman–Crippen LogP) is 4.66. The molecule has 3 aromatic rings. The fraction of sp³-hybridized carbons (Fsp3) is 0.455. The van der Waals surface area contributed by atoms with Crippen molar-refractivity contribution in [3.63, 3.8) is 0 Å². The minimum atomic E-state index is -0.152. The lowest BCUT2D eigenvalue weighted by Crippen LogP contribution is -2.23. The van der Waals surface area contributed by atoms with Crippen LogP contribution in [0.15, 0.2) is 29.1 Å². The maximum atomic E-state index is 13.0. The summed E-state index contributed by atoms with van der Waals surface area (Å²) < 4.78 is 8.28. The molecule has 1 aliphatic rings. The first kappa shape index (κ1) is 20.4.